The zero-order valence-corrected chi connectivity index (χ0v) is 14.2. The summed E-state index contributed by atoms with van der Waals surface area (Å²) < 4.78 is 0. The molecule has 0 spiro atoms. The lowest BCUT2D eigenvalue weighted by Crippen LogP contribution is -2.46. The van der Waals surface area contributed by atoms with Crippen molar-refractivity contribution in [2.75, 3.05) is 0 Å². The fourth-order valence-electron chi connectivity index (χ4n) is 5.75. The third-order valence-corrected chi connectivity index (χ3v) is 7.39. The molecule has 1 heteroatoms. The minimum atomic E-state index is 0.0968. The molecule has 0 amide bonds. The van der Waals surface area contributed by atoms with E-state index in [-0.39, 0.29) is 11.2 Å². The van der Waals surface area contributed by atoms with Crippen molar-refractivity contribution in [2.24, 2.45) is 22.7 Å². The first-order valence-corrected chi connectivity index (χ1v) is 8.71. The van der Waals surface area contributed by atoms with Gasteiger partial charge in [-0.2, -0.15) is 0 Å². The summed E-state index contributed by atoms with van der Waals surface area (Å²) >= 11 is 0. The van der Waals surface area contributed by atoms with Gasteiger partial charge in [0.15, 0.2) is 5.78 Å². The number of rotatable bonds is 0. The number of ketones is 1. The number of hydrogen-bond donors (Lipinski definition) is 0. The van der Waals surface area contributed by atoms with E-state index >= 15 is 0 Å². The van der Waals surface area contributed by atoms with Crippen LogP contribution in [0.1, 0.15) is 53.4 Å². The summed E-state index contributed by atoms with van der Waals surface area (Å²) in [7, 11) is 0. The van der Waals surface area contributed by atoms with Crippen LogP contribution in [0.5, 0.6) is 0 Å². The lowest BCUT2D eigenvalue weighted by atomic mass is 9.49. The summed E-state index contributed by atoms with van der Waals surface area (Å²) in [6.07, 6.45) is 13.7. The van der Waals surface area contributed by atoms with E-state index in [9.17, 15) is 4.79 Å². The van der Waals surface area contributed by atoms with Gasteiger partial charge in [0, 0.05) is 10.8 Å². The smallest absolute Gasteiger partial charge is 0.181 e. The second-order valence-corrected chi connectivity index (χ2v) is 8.18. The molecule has 1 nitrogen and oxygen atoms in total. The van der Waals surface area contributed by atoms with Gasteiger partial charge < -0.3 is 0 Å². The van der Waals surface area contributed by atoms with Crippen LogP contribution in [0, 0.1) is 22.7 Å². The highest BCUT2D eigenvalue weighted by Gasteiger charge is 2.53. The molecule has 4 aliphatic carbocycles. The van der Waals surface area contributed by atoms with Crippen molar-refractivity contribution in [1.82, 2.24) is 0 Å². The Balaban J connectivity index is 1.77. The largest absolute Gasteiger partial charge is 0.290 e. The molecule has 2 fully saturated rings. The van der Waals surface area contributed by atoms with Gasteiger partial charge in [-0.3, -0.25) is 4.79 Å². The molecule has 0 aromatic rings. The first kappa shape index (κ1) is 14.2. The third kappa shape index (κ3) is 1.58. The number of hydrogen-bond acceptors (Lipinski definition) is 1. The zero-order valence-electron chi connectivity index (χ0n) is 14.2. The maximum absolute atomic E-state index is 12.1. The molecule has 0 radical (unpaired) electrons. The predicted molar refractivity (Wildman–Crippen MR) is 90.3 cm³/mol. The SMILES string of the molecule is CC1=CC=C2[C@@H]3CCC4=C(C)C(=O)C=C[C@]4(C)[C@H]3CC[C@]12C. The van der Waals surface area contributed by atoms with Gasteiger partial charge in [0.2, 0.25) is 0 Å². The van der Waals surface area contributed by atoms with Gasteiger partial charge in [-0.15, -0.1) is 0 Å². The Bertz CT molecular complexity index is 687. The summed E-state index contributed by atoms with van der Waals surface area (Å²) in [5.74, 6) is 1.57. The van der Waals surface area contributed by atoms with E-state index in [0.717, 1.165) is 12.0 Å². The fourth-order valence-corrected chi connectivity index (χ4v) is 5.75. The van der Waals surface area contributed by atoms with E-state index in [4.69, 9.17) is 0 Å². The quantitative estimate of drug-likeness (QED) is 0.603. The Morgan fingerprint density at radius 2 is 1.91 bits per heavy atom. The average molecular weight is 294 g/mol. The zero-order chi connectivity index (χ0) is 15.7. The van der Waals surface area contributed by atoms with Crippen molar-refractivity contribution < 1.29 is 4.79 Å². The highest BCUT2D eigenvalue weighted by molar-refractivity contribution is 6.05. The van der Waals surface area contributed by atoms with Crippen molar-refractivity contribution in [3.8, 4) is 0 Å². The summed E-state index contributed by atoms with van der Waals surface area (Å²) in [6, 6.07) is 0. The minimum Gasteiger partial charge on any atom is -0.290 e. The third-order valence-electron chi connectivity index (χ3n) is 7.39. The molecule has 0 bridgehead atoms. The summed E-state index contributed by atoms with van der Waals surface area (Å²) in [4.78, 5) is 12.1. The van der Waals surface area contributed by atoms with Crippen LogP contribution >= 0.6 is 0 Å². The van der Waals surface area contributed by atoms with Gasteiger partial charge in [0.1, 0.15) is 0 Å². The van der Waals surface area contributed by atoms with Gasteiger partial charge in [-0.25, -0.2) is 0 Å². The highest BCUT2D eigenvalue weighted by atomic mass is 16.1. The summed E-state index contributed by atoms with van der Waals surface area (Å²) in [5, 5.41) is 0. The Morgan fingerprint density at radius 1 is 1.14 bits per heavy atom. The Hall–Kier alpha value is -1.37. The standard InChI is InChI=1S/C21H26O/c1-13-5-7-17-15-6-8-16-14(2)19(22)10-12-21(16,4)18(15)9-11-20(13,17)3/h5,7,10,12,15,18H,6,8-9,11H2,1-4H3/t15-,18-,20+,21-/m0/s1. The van der Waals surface area contributed by atoms with Crippen LogP contribution in [0.15, 0.2) is 46.6 Å². The summed E-state index contributed by atoms with van der Waals surface area (Å²) in [6.45, 7) is 9.15. The van der Waals surface area contributed by atoms with E-state index in [1.54, 1.807) is 5.57 Å². The molecule has 0 saturated heterocycles. The van der Waals surface area contributed by atoms with Crippen LogP contribution in [0.25, 0.3) is 0 Å². The second kappa shape index (κ2) is 4.34. The molecule has 0 aromatic heterocycles. The molecule has 4 rings (SSSR count). The summed E-state index contributed by atoms with van der Waals surface area (Å²) in [5.41, 5.74) is 6.06. The van der Waals surface area contributed by atoms with Gasteiger partial charge in [-0.1, -0.05) is 48.8 Å². The lowest BCUT2D eigenvalue weighted by Gasteiger charge is -2.55. The minimum absolute atomic E-state index is 0.0968. The number of carbonyl (C=O) groups excluding carboxylic acids is 1. The van der Waals surface area contributed by atoms with Crippen LogP contribution < -0.4 is 0 Å². The first-order valence-electron chi connectivity index (χ1n) is 8.71. The van der Waals surface area contributed by atoms with E-state index in [1.165, 1.54) is 30.4 Å². The van der Waals surface area contributed by atoms with Crippen molar-refractivity contribution in [3.63, 3.8) is 0 Å². The molecule has 4 atom stereocenters. The van der Waals surface area contributed by atoms with Crippen LogP contribution in [-0.4, -0.2) is 5.78 Å². The number of allylic oxidation sites excluding steroid dienone is 8. The Labute approximate surface area is 133 Å². The normalized spacial score (nSPS) is 43.4. The number of carbonyl (C=O) groups is 1. The average Bonchev–Trinajstić information content (AvgIpc) is 2.79. The molecular weight excluding hydrogens is 268 g/mol. The molecule has 2 saturated carbocycles. The van der Waals surface area contributed by atoms with Crippen molar-refractivity contribution in [2.45, 2.75) is 53.4 Å². The topological polar surface area (TPSA) is 17.1 Å². The van der Waals surface area contributed by atoms with Gasteiger partial charge >= 0.3 is 0 Å². The second-order valence-electron chi connectivity index (χ2n) is 8.18. The maximum atomic E-state index is 12.1. The van der Waals surface area contributed by atoms with Crippen LogP contribution in [-0.2, 0) is 4.79 Å². The van der Waals surface area contributed by atoms with E-state index in [2.05, 4.69) is 39.0 Å². The number of fused-ring (bicyclic) bond motifs is 5. The molecule has 0 unspecified atom stereocenters. The molecule has 4 aliphatic rings. The predicted octanol–water partition coefficient (Wildman–Crippen LogP) is 5.16. The molecule has 0 N–H and O–H groups in total. The molecule has 116 valence electrons. The monoisotopic (exact) mass is 294 g/mol. The van der Waals surface area contributed by atoms with Crippen molar-refractivity contribution in [1.29, 1.82) is 0 Å². The van der Waals surface area contributed by atoms with Crippen LogP contribution in [0.4, 0.5) is 0 Å². The van der Waals surface area contributed by atoms with Crippen molar-refractivity contribution in [3.05, 3.63) is 46.6 Å². The van der Waals surface area contributed by atoms with Gasteiger partial charge in [-0.05, 0) is 63.0 Å². The highest BCUT2D eigenvalue weighted by Crippen LogP contribution is 2.63. The Morgan fingerprint density at radius 3 is 2.68 bits per heavy atom. The molecule has 0 heterocycles. The molecule has 22 heavy (non-hydrogen) atoms. The van der Waals surface area contributed by atoms with Crippen molar-refractivity contribution >= 4 is 5.78 Å². The van der Waals surface area contributed by atoms with Gasteiger partial charge in [0.25, 0.3) is 0 Å². The Kier molecular flexibility index (Phi) is 2.81. The van der Waals surface area contributed by atoms with E-state index < -0.39 is 0 Å². The van der Waals surface area contributed by atoms with Crippen LogP contribution in [0.2, 0.25) is 0 Å². The van der Waals surface area contributed by atoms with E-state index in [1.807, 2.05) is 13.0 Å². The molecular formula is C21H26O. The maximum Gasteiger partial charge on any atom is 0.181 e. The molecule has 0 aliphatic heterocycles. The van der Waals surface area contributed by atoms with Gasteiger partial charge in [0.05, 0.1) is 0 Å². The van der Waals surface area contributed by atoms with Crippen LogP contribution in [0.3, 0.4) is 0 Å². The first-order chi connectivity index (χ1) is 10.4. The fraction of sp³-hybridized carbons (Fsp3) is 0.571. The van der Waals surface area contributed by atoms with E-state index in [0.29, 0.717) is 17.3 Å². The molecule has 0 aromatic carbocycles. The lowest BCUT2D eigenvalue weighted by molar-refractivity contribution is -0.111.